The molecule has 0 spiro atoms. The van der Waals surface area contributed by atoms with Crippen LogP contribution in [-0.2, 0) is 16.1 Å². The molecule has 5 nitrogen and oxygen atoms in total. The van der Waals surface area contributed by atoms with Crippen molar-refractivity contribution in [2.75, 3.05) is 13.1 Å². The molecule has 0 saturated heterocycles. The molecule has 0 fully saturated rings. The zero-order valence-electron chi connectivity index (χ0n) is 9.57. The first-order valence-electron chi connectivity index (χ1n) is 5.09. The van der Waals surface area contributed by atoms with Crippen molar-refractivity contribution < 1.29 is 28.6 Å². The number of halogens is 3. The topological polar surface area (TPSA) is 77.8 Å². The maximum absolute atomic E-state index is 13.7. The summed E-state index contributed by atoms with van der Waals surface area (Å²) in [6, 6.07) is 2.19. The highest BCUT2D eigenvalue weighted by atomic mass is 79.9. The summed E-state index contributed by atoms with van der Waals surface area (Å²) in [5.74, 6) is -4.30. The van der Waals surface area contributed by atoms with Gasteiger partial charge in [0.15, 0.2) is 0 Å². The number of carboxylic acids is 2. The molecular formula is C11H10BrF2NO4. The lowest BCUT2D eigenvalue weighted by Gasteiger charge is -2.19. The van der Waals surface area contributed by atoms with Crippen LogP contribution in [0.4, 0.5) is 8.78 Å². The normalized spacial score (nSPS) is 10.7. The van der Waals surface area contributed by atoms with Crippen LogP contribution < -0.4 is 0 Å². The number of carboxylic acid groups (broad SMARTS) is 2. The van der Waals surface area contributed by atoms with E-state index < -0.39 is 43.2 Å². The predicted octanol–water partition coefficient (Wildman–Crippen LogP) is 1.70. The summed E-state index contributed by atoms with van der Waals surface area (Å²) in [6.07, 6.45) is 0. The molecule has 1 aromatic carbocycles. The van der Waals surface area contributed by atoms with Gasteiger partial charge in [-0.05, 0) is 28.1 Å². The van der Waals surface area contributed by atoms with Gasteiger partial charge >= 0.3 is 11.9 Å². The summed E-state index contributed by atoms with van der Waals surface area (Å²) in [5, 5.41) is 17.3. The Balaban J connectivity index is 2.98. The van der Waals surface area contributed by atoms with Gasteiger partial charge in [0, 0.05) is 12.1 Å². The van der Waals surface area contributed by atoms with Crippen molar-refractivity contribution in [3.05, 3.63) is 33.8 Å². The third-order valence-electron chi connectivity index (χ3n) is 2.24. The number of benzene rings is 1. The van der Waals surface area contributed by atoms with Crippen molar-refractivity contribution in [2.45, 2.75) is 6.54 Å². The zero-order chi connectivity index (χ0) is 14.6. The number of nitrogens with zero attached hydrogens (tertiary/aromatic N) is 1. The first-order valence-corrected chi connectivity index (χ1v) is 5.89. The molecule has 0 heterocycles. The standard InChI is InChI=1S/C11H10BrF2NO4/c12-7-1-2-8(13)6(11(7)14)3-15(4-9(16)17)5-10(18)19/h1-2H,3-5H2,(H,16,17)(H,18,19). The minimum atomic E-state index is -1.28. The van der Waals surface area contributed by atoms with Gasteiger partial charge in [-0.1, -0.05) is 0 Å². The molecule has 0 saturated carbocycles. The van der Waals surface area contributed by atoms with Gasteiger partial charge in [0.1, 0.15) is 11.6 Å². The van der Waals surface area contributed by atoms with Gasteiger partial charge in [0.25, 0.3) is 0 Å². The van der Waals surface area contributed by atoms with E-state index in [1.165, 1.54) is 6.07 Å². The summed E-state index contributed by atoms with van der Waals surface area (Å²) in [6.45, 7) is -1.70. The SMILES string of the molecule is O=C(O)CN(CC(=O)O)Cc1c(F)ccc(Br)c1F. The molecule has 0 amide bonds. The number of rotatable bonds is 6. The quantitative estimate of drug-likeness (QED) is 0.772. The van der Waals surface area contributed by atoms with Gasteiger partial charge in [-0.2, -0.15) is 0 Å². The van der Waals surface area contributed by atoms with Crippen molar-refractivity contribution >= 4 is 27.9 Å². The summed E-state index contributed by atoms with van der Waals surface area (Å²) in [7, 11) is 0. The van der Waals surface area contributed by atoms with Crippen molar-refractivity contribution in [2.24, 2.45) is 0 Å². The van der Waals surface area contributed by atoms with E-state index in [-0.39, 0.29) is 10.0 Å². The molecule has 0 aliphatic carbocycles. The second kappa shape index (κ2) is 6.58. The highest BCUT2D eigenvalue weighted by molar-refractivity contribution is 9.10. The number of carbonyl (C=O) groups is 2. The summed E-state index contributed by atoms with van der Waals surface area (Å²) >= 11 is 2.88. The van der Waals surface area contributed by atoms with E-state index in [9.17, 15) is 18.4 Å². The van der Waals surface area contributed by atoms with Crippen molar-refractivity contribution in [1.82, 2.24) is 4.90 Å². The van der Waals surface area contributed by atoms with Crippen LogP contribution in [0, 0.1) is 11.6 Å². The molecule has 0 atom stereocenters. The monoisotopic (exact) mass is 337 g/mol. The molecule has 0 radical (unpaired) electrons. The van der Waals surface area contributed by atoms with Crippen LogP contribution in [0.5, 0.6) is 0 Å². The van der Waals surface area contributed by atoms with Crippen LogP contribution in [0.15, 0.2) is 16.6 Å². The Labute approximate surface area is 115 Å². The number of aliphatic carboxylic acids is 2. The molecule has 0 aliphatic heterocycles. The fourth-order valence-electron chi connectivity index (χ4n) is 1.49. The van der Waals surface area contributed by atoms with Gasteiger partial charge in [-0.3, -0.25) is 14.5 Å². The molecule has 1 aromatic rings. The van der Waals surface area contributed by atoms with Crippen molar-refractivity contribution in [1.29, 1.82) is 0 Å². The maximum Gasteiger partial charge on any atom is 0.317 e. The Kier molecular flexibility index (Phi) is 5.37. The van der Waals surface area contributed by atoms with Crippen LogP contribution in [0.1, 0.15) is 5.56 Å². The van der Waals surface area contributed by atoms with E-state index in [2.05, 4.69) is 15.9 Å². The molecule has 0 unspecified atom stereocenters. The molecule has 8 heteroatoms. The average Bonchev–Trinajstić information content (AvgIpc) is 2.28. The van der Waals surface area contributed by atoms with E-state index in [0.717, 1.165) is 11.0 Å². The smallest absolute Gasteiger partial charge is 0.317 e. The highest BCUT2D eigenvalue weighted by Gasteiger charge is 2.19. The van der Waals surface area contributed by atoms with Gasteiger partial charge in [-0.25, -0.2) is 8.78 Å². The van der Waals surface area contributed by atoms with E-state index >= 15 is 0 Å². The Morgan fingerprint density at radius 3 is 2.16 bits per heavy atom. The van der Waals surface area contributed by atoms with E-state index in [0.29, 0.717) is 0 Å². The third kappa shape index (κ3) is 4.56. The highest BCUT2D eigenvalue weighted by Crippen LogP contribution is 2.22. The van der Waals surface area contributed by atoms with Crippen LogP contribution >= 0.6 is 15.9 Å². The molecule has 0 bridgehead atoms. The number of hydrogen-bond acceptors (Lipinski definition) is 3. The zero-order valence-corrected chi connectivity index (χ0v) is 11.2. The Hall–Kier alpha value is -1.54. The fraction of sp³-hybridized carbons (Fsp3) is 0.273. The molecule has 0 aromatic heterocycles. The van der Waals surface area contributed by atoms with Crippen LogP contribution in [-0.4, -0.2) is 40.1 Å². The van der Waals surface area contributed by atoms with E-state index in [1.807, 2.05) is 0 Å². The molecular weight excluding hydrogens is 328 g/mol. The fourth-order valence-corrected chi connectivity index (χ4v) is 1.86. The van der Waals surface area contributed by atoms with Crippen molar-refractivity contribution in [3.63, 3.8) is 0 Å². The maximum atomic E-state index is 13.7. The number of hydrogen-bond donors (Lipinski definition) is 2. The molecule has 104 valence electrons. The van der Waals surface area contributed by atoms with E-state index in [1.54, 1.807) is 0 Å². The first-order chi connectivity index (χ1) is 8.81. The average molecular weight is 338 g/mol. The van der Waals surface area contributed by atoms with Crippen LogP contribution in [0.25, 0.3) is 0 Å². The summed E-state index contributed by atoms with van der Waals surface area (Å²) in [4.78, 5) is 22.1. The Morgan fingerprint density at radius 1 is 1.16 bits per heavy atom. The van der Waals surface area contributed by atoms with Gasteiger partial charge in [0.05, 0.1) is 17.6 Å². The lowest BCUT2D eigenvalue weighted by atomic mass is 10.2. The van der Waals surface area contributed by atoms with Crippen molar-refractivity contribution in [3.8, 4) is 0 Å². The van der Waals surface area contributed by atoms with Gasteiger partial charge < -0.3 is 10.2 Å². The molecule has 0 aliphatic rings. The minimum absolute atomic E-state index is 0.0227. The molecule has 1 rings (SSSR count). The van der Waals surface area contributed by atoms with Crippen LogP contribution in [0.3, 0.4) is 0 Å². The summed E-state index contributed by atoms with van der Waals surface area (Å²) in [5.41, 5.74) is -0.378. The lowest BCUT2D eigenvalue weighted by Crippen LogP contribution is -2.34. The third-order valence-corrected chi connectivity index (χ3v) is 2.85. The Morgan fingerprint density at radius 2 is 1.68 bits per heavy atom. The van der Waals surface area contributed by atoms with Crippen LogP contribution in [0.2, 0.25) is 0 Å². The molecule has 19 heavy (non-hydrogen) atoms. The minimum Gasteiger partial charge on any atom is -0.480 e. The Bertz CT molecular complexity index is 494. The summed E-state index contributed by atoms with van der Waals surface area (Å²) < 4.78 is 27.2. The molecule has 2 N–H and O–H groups in total. The largest absolute Gasteiger partial charge is 0.480 e. The predicted molar refractivity (Wildman–Crippen MR) is 64.6 cm³/mol. The van der Waals surface area contributed by atoms with Gasteiger partial charge in [-0.15, -0.1) is 0 Å². The van der Waals surface area contributed by atoms with Gasteiger partial charge in [0.2, 0.25) is 0 Å². The second-order valence-corrected chi connectivity index (χ2v) is 4.61. The lowest BCUT2D eigenvalue weighted by molar-refractivity contribution is -0.142. The first kappa shape index (κ1) is 15.5. The second-order valence-electron chi connectivity index (χ2n) is 3.75. The van der Waals surface area contributed by atoms with E-state index in [4.69, 9.17) is 10.2 Å².